The summed E-state index contributed by atoms with van der Waals surface area (Å²) in [5, 5.41) is 0. The largest absolute Gasteiger partial charge is 0.373 e. The molecule has 0 atom stereocenters. The number of hydrogen-bond acceptors (Lipinski definition) is 5. The molecule has 5 heteroatoms. The van der Waals surface area contributed by atoms with Gasteiger partial charge in [0.1, 0.15) is 5.82 Å². The van der Waals surface area contributed by atoms with E-state index in [1.54, 1.807) is 0 Å². The molecule has 16 heavy (non-hydrogen) atoms. The normalized spacial score (nSPS) is 15.9. The van der Waals surface area contributed by atoms with E-state index in [0.29, 0.717) is 0 Å². The van der Waals surface area contributed by atoms with E-state index in [1.165, 1.54) is 0 Å². The Morgan fingerprint density at radius 2 is 1.81 bits per heavy atom. The van der Waals surface area contributed by atoms with Crippen LogP contribution >= 0.6 is 0 Å². The Bertz CT molecular complexity index is 328. The Morgan fingerprint density at radius 3 is 2.31 bits per heavy atom. The van der Waals surface area contributed by atoms with Crippen LogP contribution in [0.5, 0.6) is 0 Å². The van der Waals surface area contributed by atoms with Gasteiger partial charge in [0.2, 0.25) is 0 Å². The molecule has 86 valence electrons. The average molecular weight is 221 g/mol. The average Bonchev–Trinajstić information content (AvgIpc) is 2.32. The van der Waals surface area contributed by atoms with Gasteiger partial charge in [-0.05, 0) is 19.2 Å². The summed E-state index contributed by atoms with van der Waals surface area (Å²) >= 11 is 0. The number of hydrogen-bond donors (Lipinski definition) is 0. The number of nitrogens with zero attached hydrogens (tertiary/aromatic N) is 3. The zero-order valence-corrected chi connectivity index (χ0v) is 9.30. The molecule has 1 fully saturated rings. The van der Waals surface area contributed by atoms with Crippen LogP contribution in [0.25, 0.3) is 0 Å². The third-order valence-electron chi connectivity index (χ3n) is 2.48. The topological polar surface area (TPSA) is 53.5 Å². The van der Waals surface area contributed by atoms with Gasteiger partial charge in [0.15, 0.2) is 0 Å². The Kier molecular flexibility index (Phi) is 5.19. The van der Waals surface area contributed by atoms with Crippen molar-refractivity contribution in [2.45, 2.75) is 0 Å². The van der Waals surface area contributed by atoms with Crippen molar-refractivity contribution in [3.63, 3.8) is 0 Å². The molecule has 1 aromatic heterocycles. The van der Waals surface area contributed by atoms with Gasteiger partial charge in [0.05, 0.1) is 0 Å². The molecule has 1 saturated heterocycles. The van der Waals surface area contributed by atoms with Crippen LogP contribution in [-0.2, 0) is 9.59 Å². The van der Waals surface area contributed by atoms with Crippen molar-refractivity contribution < 1.29 is 9.59 Å². The highest BCUT2D eigenvalue weighted by molar-refractivity contribution is 5.38. The predicted octanol–water partition coefficient (Wildman–Crippen LogP) is 0.250. The standard InChI is InChI=1S/C10H15N3.CO2/c1-12-6-8-13(9-7-12)10-4-2-3-5-11-10;2-1-3/h2-5H,6-9H2,1H3;. The number of aromatic nitrogens is 1. The molecular weight excluding hydrogens is 206 g/mol. The summed E-state index contributed by atoms with van der Waals surface area (Å²) in [4.78, 5) is 25.3. The van der Waals surface area contributed by atoms with Crippen LogP contribution in [0.4, 0.5) is 5.82 Å². The molecular formula is C11H15N3O2. The quantitative estimate of drug-likeness (QED) is 0.680. The van der Waals surface area contributed by atoms with Gasteiger partial charge in [0, 0.05) is 32.4 Å². The molecule has 1 aliphatic rings. The van der Waals surface area contributed by atoms with Crippen LogP contribution < -0.4 is 4.90 Å². The van der Waals surface area contributed by atoms with E-state index >= 15 is 0 Å². The van der Waals surface area contributed by atoms with E-state index in [9.17, 15) is 0 Å². The SMILES string of the molecule is CN1CCN(c2ccccn2)CC1.O=C=O. The first-order valence-corrected chi connectivity index (χ1v) is 5.11. The Balaban J connectivity index is 0.000000386. The molecule has 0 saturated carbocycles. The van der Waals surface area contributed by atoms with Gasteiger partial charge in [0.25, 0.3) is 0 Å². The van der Waals surface area contributed by atoms with Crippen LogP contribution in [-0.4, -0.2) is 49.3 Å². The Morgan fingerprint density at radius 1 is 1.19 bits per heavy atom. The fraction of sp³-hybridized carbons (Fsp3) is 0.455. The van der Waals surface area contributed by atoms with Crippen LogP contribution in [0.2, 0.25) is 0 Å². The van der Waals surface area contributed by atoms with E-state index in [0.717, 1.165) is 32.0 Å². The lowest BCUT2D eigenvalue weighted by molar-refractivity contribution is -0.191. The molecule has 5 nitrogen and oxygen atoms in total. The minimum Gasteiger partial charge on any atom is -0.354 e. The first-order valence-electron chi connectivity index (χ1n) is 5.11. The molecule has 0 spiro atoms. The van der Waals surface area contributed by atoms with Gasteiger partial charge < -0.3 is 9.80 Å². The van der Waals surface area contributed by atoms with Crippen molar-refractivity contribution in [3.05, 3.63) is 24.4 Å². The van der Waals surface area contributed by atoms with E-state index < -0.39 is 0 Å². The van der Waals surface area contributed by atoms with Gasteiger partial charge in [-0.25, -0.2) is 4.98 Å². The zero-order chi connectivity index (χ0) is 11.8. The third-order valence-corrected chi connectivity index (χ3v) is 2.48. The number of carbonyl (C=O) groups excluding carboxylic acids is 2. The molecule has 0 aromatic carbocycles. The summed E-state index contributed by atoms with van der Waals surface area (Å²) in [6.45, 7) is 4.45. The van der Waals surface area contributed by atoms with Gasteiger partial charge in [-0.2, -0.15) is 9.59 Å². The second kappa shape index (κ2) is 6.71. The minimum absolute atomic E-state index is 0.250. The summed E-state index contributed by atoms with van der Waals surface area (Å²) in [7, 11) is 2.16. The summed E-state index contributed by atoms with van der Waals surface area (Å²) < 4.78 is 0. The summed E-state index contributed by atoms with van der Waals surface area (Å²) in [6, 6.07) is 6.07. The molecule has 0 bridgehead atoms. The van der Waals surface area contributed by atoms with Crippen LogP contribution in [0.3, 0.4) is 0 Å². The monoisotopic (exact) mass is 221 g/mol. The minimum atomic E-state index is 0.250. The molecule has 2 heterocycles. The fourth-order valence-electron chi connectivity index (χ4n) is 1.58. The molecule has 0 N–H and O–H groups in total. The predicted molar refractivity (Wildman–Crippen MR) is 59.0 cm³/mol. The lowest BCUT2D eigenvalue weighted by Crippen LogP contribution is -2.44. The van der Waals surface area contributed by atoms with Gasteiger partial charge in [-0.3, -0.25) is 0 Å². The summed E-state index contributed by atoms with van der Waals surface area (Å²) in [6.07, 6.45) is 2.10. The smallest absolute Gasteiger partial charge is 0.354 e. The number of anilines is 1. The fourth-order valence-corrected chi connectivity index (χ4v) is 1.58. The number of piperazine rings is 1. The lowest BCUT2D eigenvalue weighted by Gasteiger charge is -2.33. The van der Waals surface area contributed by atoms with Crippen molar-refractivity contribution in [1.29, 1.82) is 0 Å². The maximum Gasteiger partial charge on any atom is 0.373 e. The van der Waals surface area contributed by atoms with Crippen LogP contribution in [0.15, 0.2) is 24.4 Å². The van der Waals surface area contributed by atoms with Gasteiger partial charge in [-0.15, -0.1) is 0 Å². The molecule has 0 amide bonds. The van der Waals surface area contributed by atoms with Crippen LogP contribution in [0.1, 0.15) is 0 Å². The van der Waals surface area contributed by atoms with Crippen LogP contribution in [0, 0.1) is 0 Å². The number of likely N-dealkylation sites (N-methyl/N-ethyl adjacent to an activating group) is 1. The molecule has 2 rings (SSSR count). The maximum atomic E-state index is 8.12. The zero-order valence-electron chi connectivity index (χ0n) is 9.30. The lowest BCUT2D eigenvalue weighted by atomic mass is 10.3. The van der Waals surface area contributed by atoms with E-state index in [4.69, 9.17) is 9.59 Å². The van der Waals surface area contributed by atoms with E-state index in [1.807, 2.05) is 18.3 Å². The van der Waals surface area contributed by atoms with Gasteiger partial charge >= 0.3 is 6.15 Å². The highest BCUT2D eigenvalue weighted by Crippen LogP contribution is 2.11. The summed E-state index contributed by atoms with van der Waals surface area (Å²) in [5.41, 5.74) is 0. The molecule has 0 unspecified atom stereocenters. The molecule has 0 radical (unpaired) electrons. The highest BCUT2D eigenvalue weighted by atomic mass is 16.2. The third kappa shape index (κ3) is 3.81. The van der Waals surface area contributed by atoms with Crippen molar-refractivity contribution in [3.8, 4) is 0 Å². The Labute approximate surface area is 94.7 Å². The Hall–Kier alpha value is -1.71. The first-order chi connectivity index (χ1) is 7.77. The van der Waals surface area contributed by atoms with E-state index in [-0.39, 0.29) is 6.15 Å². The molecule has 1 aromatic rings. The van der Waals surface area contributed by atoms with Gasteiger partial charge in [-0.1, -0.05) is 6.07 Å². The van der Waals surface area contributed by atoms with Crippen molar-refractivity contribution in [2.24, 2.45) is 0 Å². The molecule has 1 aliphatic heterocycles. The van der Waals surface area contributed by atoms with Crippen molar-refractivity contribution in [2.75, 3.05) is 38.1 Å². The number of rotatable bonds is 1. The van der Waals surface area contributed by atoms with Crippen molar-refractivity contribution in [1.82, 2.24) is 9.88 Å². The first kappa shape index (κ1) is 12.4. The van der Waals surface area contributed by atoms with Crippen molar-refractivity contribution >= 4 is 12.0 Å². The highest BCUT2D eigenvalue weighted by Gasteiger charge is 2.14. The second-order valence-corrected chi connectivity index (χ2v) is 3.56. The van der Waals surface area contributed by atoms with E-state index in [2.05, 4.69) is 27.9 Å². The maximum absolute atomic E-state index is 8.12. The number of pyridine rings is 1. The molecule has 0 aliphatic carbocycles. The summed E-state index contributed by atoms with van der Waals surface area (Å²) in [5.74, 6) is 1.11. The second-order valence-electron chi connectivity index (χ2n) is 3.56.